The molecule has 0 saturated carbocycles. The van der Waals surface area contributed by atoms with Gasteiger partial charge < -0.3 is 9.84 Å². The Kier molecular flexibility index (Phi) is 9.00. The summed E-state index contributed by atoms with van der Waals surface area (Å²) in [5.41, 5.74) is 1.94. The number of benzene rings is 2. The fourth-order valence-corrected chi connectivity index (χ4v) is 2.53. The van der Waals surface area contributed by atoms with E-state index in [4.69, 9.17) is 21.4 Å². The van der Waals surface area contributed by atoms with E-state index >= 15 is 0 Å². The van der Waals surface area contributed by atoms with Crippen LogP contribution in [0.25, 0.3) is 0 Å². The van der Waals surface area contributed by atoms with Crippen LogP contribution < -0.4 is 4.74 Å². The molecule has 0 heterocycles. The third kappa shape index (κ3) is 6.34. The number of hydrogen-bond acceptors (Lipinski definition) is 2. The van der Waals surface area contributed by atoms with E-state index in [2.05, 4.69) is 6.92 Å². The molecular formula is C18H21CaClO3. The summed E-state index contributed by atoms with van der Waals surface area (Å²) in [4.78, 5) is 10.6. The molecule has 5 heteroatoms. The summed E-state index contributed by atoms with van der Waals surface area (Å²) in [6.07, 6.45) is 1.32. The average molecular weight is 361 g/mol. The molecule has 0 aliphatic carbocycles. The first-order chi connectivity index (χ1) is 10.6. The van der Waals surface area contributed by atoms with Crippen LogP contribution >= 0.6 is 11.6 Å². The number of hydrogen-bond donors (Lipinski definition) is 1. The molecule has 0 spiro atoms. The molecule has 1 N–H and O–H groups in total. The molecule has 2 aromatic carbocycles. The third-order valence-electron chi connectivity index (χ3n) is 3.45. The van der Waals surface area contributed by atoms with Gasteiger partial charge in [-0.2, -0.15) is 0 Å². The Morgan fingerprint density at radius 2 is 1.91 bits per heavy atom. The van der Waals surface area contributed by atoms with Crippen molar-refractivity contribution in [1.82, 2.24) is 0 Å². The van der Waals surface area contributed by atoms with E-state index in [9.17, 15) is 4.79 Å². The van der Waals surface area contributed by atoms with Crippen molar-refractivity contribution in [1.29, 1.82) is 0 Å². The molecule has 1 unspecified atom stereocenters. The summed E-state index contributed by atoms with van der Waals surface area (Å²) >= 11 is 6.21. The van der Waals surface area contributed by atoms with Gasteiger partial charge in [0.15, 0.2) is 0 Å². The van der Waals surface area contributed by atoms with Crippen molar-refractivity contribution >= 4 is 55.3 Å². The zero-order chi connectivity index (χ0) is 15.9. The summed E-state index contributed by atoms with van der Waals surface area (Å²) in [6.45, 7) is 2.07. The van der Waals surface area contributed by atoms with Gasteiger partial charge in [0.05, 0.1) is 0 Å². The van der Waals surface area contributed by atoms with Gasteiger partial charge in [-0.1, -0.05) is 54.9 Å². The van der Waals surface area contributed by atoms with E-state index in [1.807, 2.05) is 42.5 Å². The number of rotatable bonds is 7. The molecule has 2 rings (SSSR count). The van der Waals surface area contributed by atoms with Gasteiger partial charge in [0.1, 0.15) is 11.9 Å². The maximum atomic E-state index is 10.6. The summed E-state index contributed by atoms with van der Waals surface area (Å²) in [6, 6.07) is 15.5. The van der Waals surface area contributed by atoms with E-state index in [1.165, 1.54) is 0 Å². The van der Waals surface area contributed by atoms with Crippen LogP contribution in [0, 0.1) is 0 Å². The van der Waals surface area contributed by atoms with E-state index < -0.39 is 5.97 Å². The molecule has 3 nitrogen and oxygen atoms in total. The summed E-state index contributed by atoms with van der Waals surface area (Å²) < 4.78 is 6.01. The summed E-state index contributed by atoms with van der Waals surface area (Å²) in [5, 5.41) is 9.27. The molecule has 0 radical (unpaired) electrons. The standard InChI is InChI=1S/C18H19ClO3.Ca.2H/c1-2-17(14-6-4-3-5-7-14)22-15-10-8-13(16(19)12-15)9-11-18(20)21;;;/h3-8,10,12,17H,2,9,11H2,1H3,(H,20,21);;;. The van der Waals surface area contributed by atoms with Crippen LogP contribution in [0.2, 0.25) is 5.02 Å². The number of aryl methyl sites for hydroxylation is 1. The molecule has 0 amide bonds. The Hall–Kier alpha value is -0.740. The average Bonchev–Trinajstić information content (AvgIpc) is 2.52. The van der Waals surface area contributed by atoms with Gasteiger partial charge in [-0.3, -0.25) is 4.79 Å². The predicted octanol–water partition coefficient (Wildman–Crippen LogP) is 3.97. The zero-order valence-electron chi connectivity index (χ0n) is 12.5. The molecule has 23 heavy (non-hydrogen) atoms. The monoisotopic (exact) mass is 360 g/mol. The molecule has 0 fully saturated rings. The van der Waals surface area contributed by atoms with Crippen LogP contribution in [0.4, 0.5) is 0 Å². The molecule has 1 atom stereocenters. The Labute approximate surface area is 171 Å². The Morgan fingerprint density at radius 3 is 2.48 bits per heavy atom. The first-order valence-corrected chi connectivity index (χ1v) is 7.69. The summed E-state index contributed by atoms with van der Waals surface area (Å²) in [5.74, 6) is -0.133. The van der Waals surface area contributed by atoms with Crippen molar-refractivity contribution in [2.75, 3.05) is 0 Å². The molecule has 2 aromatic rings. The number of ether oxygens (including phenoxy) is 1. The van der Waals surface area contributed by atoms with Gasteiger partial charge >= 0.3 is 43.7 Å². The zero-order valence-corrected chi connectivity index (χ0v) is 13.2. The molecule has 0 bridgehead atoms. The first-order valence-electron chi connectivity index (χ1n) is 7.32. The van der Waals surface area contributed by atoms with Gasteiger partial charge in [-0.25, -0.2) is 0 Å². The Balaban J connectivity index is 0.00000264. The maximum absolute atomic E-state index is 10.6. The Morgan fingerprint density at radius 1 is 1.22 bits per heavy atom. The number of halogens is 1. The van der Waals surface area contributed by atoms with Crippen LogP contribution in [0.1, 0.15) is 37.0 Å². The van der Waals surface area contributed by atoms with Crippen molar-refractivity contribution in [2.45, 2.75) is 32.3 Å². The predicted molar refractivity (Wildman–Crippen MR) is 96.1 cm³/mol. The molecule has 0 aliphatic heterocycles. The second kappa shape index (κ2) is 10.2. The quantitative estimate of drug-likeness (QED) is 0.760. The first kappa shape index (κ1) is 20.3. The van der Waals surface area contributed by atoms with Crippen molar-refractivity contribution < 1.29 is 14.6 Å². The fourth-order valence-electron chi connectivity index (χ4n) is 2.26. The molecule has 0 aliphatic rings. The fraction of sp³-hybridized carbons (Fsp3) is 0.278. The topological polar surface area (TPSA) is 46.5 Å². The van der Waals surface area contributed by atoms with Crippen molar-refractivity contribution in [3.8, 4) is 5.75 Å². The minimum atomic E-state index is -0.827. The second-order valence-electron chi connectivity index (χ2n) is 5.07. The van der Waals surface area contributed by atoms with Gasteiger partial charge in [-0.15, -0.1) is 0 Å². The normalized spacial score (nSPS) is 11.4. The second-order valence-corrected chi connectivity index (χ2v) is 5.48. The molecular weight excluding hydrogens is 340 g/mol. The van der Waals surface area contributed by atoms with Crippen molar-refractivity contribution in [3.63, 3.8) is 0 Å². The molecule has 120 valence electrons. The molecule has 0 aromatic heterocycles. The van der Waals surface area contributed by atoms with E-state index in [0.717, 1.165) is 17.5 Å². The van der Waals surface area contributed by atoms with Gasteiger partial charge in [0, 0.05) is 11.4 Å². The van der Waals surface area contributed by atoms with Crippen molar-refractivity contribution in [2.24, 2.45) is 0 Å². The number of carboxylic acids is 1. The van der Waals surface area contributed by atoms with Gasteiger partial charge in [-0.05, 0) is 36.1 Å². The minimum absolute atomic E-state index is 0. The van der Waals surface area contributed by atoms with E-state index in [1.54, 1.807) is 6.07 Å². The molecule has 0 saturated heterocycles. The SMILES string of the molecule is CCC(Oc1ccc(CCC(=O)O)c(Cl)c1)c1ccccc1.[CaH2]. The Bertz CT molecular complexity index is 631. The van der Waals surface area contributed by atoms with E-state index in [0.29, 0.717) is 17.2 Å². The number of carbonyl (C=O) groups is 1. The van der Waals surface area contributed by atoms with Crippen LogP contribution in [0.3, 0.4) is 0 Å². The summed E-state index contributed by atoms with van der Waals surface area (Å²) in [7, 11) is 0. The van der Waals surface area contributed by atoms with Gasteiger partial charge in [0.2, 0.25) is 0 Å². The van der Waals surface area contributed by atoms with E-state index in [-0.39, 0.29) is 50.3 Å². The number of aliphatic carboxylic acids is 1. The van der Waals surface area contributed by atoms with Crippen molar-refractivity contribution in [3.05, 3.63) is 64.7 Å². The van der Waals surface area contributed by atoms with Crippen LogP contribution in [-0.4, -0.2) is 48.8 Å². The van der Waals surface area contributed by atoms with Crippen LogP contribution in [0.5, 0.6) is 5.75 Å². The van der Waals surface area contributed by atoms with Crippen LogP contribution in [0.15, 0.2) is 48.5 Å². The third-order valence-corrected chi connectivity index (χ3v) is 3.81. The van der Waals surface area contributed by atoms with Gasteiger partial charge in [0.25, 0.3) is 0 Å². The van der Waals surface area contributed by atoms with Crippen LogP contribution in [-0.2, 0) is 11.2 Å². The number of carboxylic acid groups (broad SMARTS) is 1.